The zero-order valence-corrected chi connectivity index (χ0v) is 19.1. The van der Waals surface area contributed by atoms with Crippen molar-refractivity contribution >= 4 is 27.0 Å². The van der Waals surface area contributed by atoms with Crippen molar-refractivity contribution in [1.82, 2.24) is 8.87 Å². The van der Waals surface area contributed by atoms with Gasteiger partial charge in [-0.15, -0.1) is 0 Å². The number of carbonyl (C=O) groups is 1. The van der Waals surface area contributed by atoms with E-state index in [1.54, 1.807) is 20.9 Å². The molecule has 0 spiro atoms. The molecular weight excluding hydrogens is 420 g/mol. The summed E-state index contributed by atoms with van der Waals surface area (Å²) in [7, 11) is -2.12. The lowest BCUT2D eigenvalue weighted by molar-refractivity contribution is 0.0723. The average molecular weight is 447 g/mol. The van der Waals surface area contributed by atoms with Crippen LogP contribution in [0.1, 0.15) is 42.4 Å². The Bertz CT molecular complexity index is 1300. The summed E-state index contributed by atoms with van der Waals surface area (Å²) in [5.41, 5.74) is 1.47. The van der Waals surface area contributed by atoms with Gasteiger partial charge in [-0.3, -0.25) is 0 Å². The maximum absolute atomic E-state index is 12.9. The van der Waals surface area contributed by atoms with Crippen molar-refractivity contribution in [2.75, 3.05) is 13.1 Å². The van der Waals surface area contributed by atoms with Gasteiger partial charge in [-0.2, -0.15) is 4.31 Å². The molecule has 0 amide bonds. The standard InChI is InChI=1S/C22H26N2O6S/c1-6-15-10-17-14(4)9-21(25)29-20(17)12-19(15)30-22(26)18-11-16(13-23(18)5)31(27,28)24(7-2)8-3/h9-13H,6-8H2,1-5H3. The highest BCUT2D eigenvalue weighted by Gasteiger charge is 2.26. The van der Waals surface area contributed by atoms with Crippen LogP contribution in [-0.4, -0.2) is 36.3 Å². The van der Waals surface area contributed by atoms with Crippen LogP contribution >= 0.6 is 0 Å². The average Bonchev–Trinajstić information content (AvgIpc) is 3.11. The first-order valence-corrected chi connectivity index (χ1v) is 11.5. The van der Waals surface area contributed by atoms with Gasteiger partial charge in [0.15, 0.2) is 0 Å². The number of nitrogens with zero attached hydrogens (tertiary/aromatic N) is 2. The van der Waals surface area contributed by atoms with Crippen LogP contribution in [0.4, 0.5) is 0 Å². The topological polar surface area (TPSA) is 98.8 Å². The molecule has 2 heterocycles. The summed E-state index contributed by atoms with van der Waals surface area (Å²) in [6, 6.07) is 6.08. The van der Waals surface area contributed by atoms with Gasteiger partial charge in [0.2, 0.25) is 10.0 Å². The molecule has 3 aromatic rings. The minimum atomic E-state index is -3.71. The number of benzene rings is 1. The summed E-state index contributed by atoms with van der Waals surface area (Å²) in [6.45, 7) is 7.90. The van der Waals surface area contributed by atoms with Crippen LogP contribution in [0, 0.1) is 6.92 Å². The molecule has 0 aliphatic rings. The molecule has 0 aliphatic carbocycles. The molecule has 0 radical (unpaired) electrons. The number of carbonyl (C=O) groups excluding carboxylic acids is 1. The quantitative estimate of drug-likeness (QED) is 0.314. The van der Waals surface area contributed by atoms with E-state index in [0.29, 0.717) is 25.1 Å². The Kier molecular flexibility index (Phi) is 6.38. The summed E-state index contributed by atoms with van der Waals surface area (Å²) in [5, 5.41) is 0.766. The molecule has 166 valence electrons. The highest BCUT2D eigenvalue weighted by Crippen LogP contribution is 2.29. The van der Waals surface area contributed by atoms with E-state index >= 15 is 0 Å². The summed E-state index contributed by atoms with van der Waals surface area (Å²) in [6.07, 6.45) is 1.99. The lowest BCUT2D eigenvalue weighted by Gasteiger charge is -2.17. The van der Waals surface area contributed by atoms with Crippen molar-refractivity contribution in [1.29, 1.82) is 0 Å². The highest BCUT2D eigenvalue weighted by molar-refractivity contribution is 7.89. The molecule has 0 saturated carbocycles. The normalized spacial score (nSPS) is 11.9. The fourth-order valence-electron chi connectivity index (χ4n) is 3.51. The highest BCUT2D eigenvalue weighted by atomic mass is 32.2. The maximum Gasteiger partial charge on any atom is 0.360 e. The lowest BCUT2D eigenvalue weighted by Crippen LogP contribution is -2.30. The van der Waals surface area contributed by atoms with Crippen LogP contribution in [0.2, 0.25) is 0 Å². The molecular formula is C22H26N2O6S. The Labute approximate surface area is 181 Å². The molecule has 0 fully saturated rings. The molecule has 31 heavy (non-hydrogen) atoms. The fourth-order valence-corrected chi connectivity index (χ4v) is 5.04. The van der Waals surface area contributed by atoms with E-state index in [2.05, 4.69) is 0 Å². The minimum absolute atomic E-state index is 0.0292. The number of hydrogen-bond acceptors (Lipinski definition) is 6. The predicted octanol–water partition coefficient (Wildman–Crippen LogP) is 3.25. The predicted molar refractivity (Wildman–Crippen MR) is 117 cm³/mol. The number of sulfonamides is 1. The third-order valence-electron chi connectivity index (χ3n) is 5.25. The summed E-state index contributed by atoms with van der Waals surface area (Å²) in [5.74, 6) is -0.435. The van der Waals surface area contributed by atoms with Crippen LogP contribution in [0.15, 0.2) is 44.6 Å². The number of fused-ring (bicyclic) bond motifs is 1. The van der Waals surface area contributed by atoms with Gasteiger partial charge in [-0.05, 0) is 36.6 Å². The first kappa shape index (κ1) is 22.8. The zero-order chi connectivity index (χ0) is 22.9. The molecule has 0 unspecified atom stereocenters. The maximum atomic E-state index is 12.9. The molecule has 1 aromatic carbocycles. The van der Waals surface area contributed by atoms with Gasteiger partial charge in [0.1, 0.15) is 21.9 Å². The first-order valence-electron chi connectivity index (χ1n) is 10.1. The van der Waals surface area contributed by atoms with Gasteiger partial charge >= 0.3 is 11.6 Å². The third-order valence-corrected chi connectivity index (χ3v) is 7.26. The van der Waals surface area contributed by atoms with E-state index in [1.165, 1.54) is 33.3 Å². The molecule has 0 N–H and O–H groups in total. The van der Waals surface area contributed by atoms with Crippen LogP contribution in [-0.2, 0) is 23.5 Å². The number of esters is 1. The van der Waals surface area contributed by atoms with Crippen LogP contribution in [0.3, 0.4) is 0 Å². The molecule has 8 nitrogen and oxygen atoms in total. The van der Waals surface area contributed by atoms with Crippen LogP contribution in [0.5, 0.6) is 5.75 Å². The Hall–Kier alpha value is -2.91. The SMILES string of the molecule is CCc1cc2c(C)cc(=O)oc2cc1OC(=O)c1cc(S(=O)(=O)N(CC)CC)cn1C. The Morgan fingerprint density at radius 2 is 1.81 bits per heavy atom. The van der Waals surface area contributed by atoms with Crippen molar-refractivity contribution in [3.8, 4) is 5.75 Å². The first-order chi connectivity index (χ1) is 14.6. The summed E-state index contributed by atoms with van der Waals surface area (Å²) < 4.78 is 39.1. The largest absolute Gasteiger partial charge is 0.423 e. The monoisotopic (exact) mass is 446 g/mol. The van der Waals surface area contributed by atoms with Crippen molar-refractivity contribution < 1.29 is 22.4 Å². The van der Waals surface area contributed by atoms with E-state index < -0.39 is 21.6 Å². The Morgan fingerprint density at radius 3 is 2.42 bits per heavy atom. The molecule has 0 saturated heterocycles. The van der Waals surface area contributed by atoms with Crippen molar-refractivity contribution in [3.63, 3.8) is 0 Å². The second-order valence-corrected chi connectivity index (χ2v) is 9.15. The van der Waals surface area contributed by atoms with Crippen LogP contribution < -0.4 is 10.4 Å². The number of aryl methyl sites for hydroxylation is 3. The molecule has 0 bridgehead atoms. The van der Waals surface area contributed by atoms with E-state index in [-0.39, 0.29) is 16.3 Å². The summed E-state index contributed by atoms with van der Waals surface area (Å²) >= 11 is 0. The number of aromatic nitrogens is 1. The van der Waals surface area contributed by atoms with Gasteiger partial charge < -0.3 is 13.7 Å². The minimum Gasteiger partial charge on any atom is -0.423 e. The zero-order valence-electron chi connectivity index (χ0n) is 18.3. The molecule has 3 rings (SSSR count). The van der Waals surface area contributed by atoms with Gasteiger partial charge in [-0.1, -0.05) is 20.8 Å². The number of hydrogen-bond donors (Lipinski definition) is 0. The van der Waals surface area contributed by atoms with E-state index in [0.717, 1.165) is 16.5 Å². The smallest absolute Gasteiger partial charge is 0.360 e. The van der Waals surface area contributed by atoms with Gasteiger partial charge in [0.25, 0.3) is 0 Å². The van der Waals surface area contributed by atoms with Crippen molar-refractivity contribution in [3.05, 3.63) is 57.7 Å². The third kappa shape index (κ3) is 4.28. The Balaban J connectivity index is 2.00. The lowest BCUT2D eigenvalue weighted by atomic mass is 10.1. The summed E-state index contributed by atoms with van der Waals surface area (Å²) in [4.78, 5) is 24.6. The van der Waals surface area contributed by atoms with E-state index in [4.69, 9.17) is 9.15 Å². The second kappa shape index (κ2) is 8.68. The van der Waals surface area contributed by atoms with E-state index in [1.807, 2.05) is 19.9 Å². The van der Waals surface area contributed by atoms with Gasteiger partial charge in [0.05, 0.1) is 0 Å². The van der Waals surface area contributed by atoms with Gasteiger partial charge in [0, 0.05) is 43.9 Å². The second-order valence-electron chi connectivity index (χ2n) is 7.21. The van der Waals surface area contributed by atoms with E-state index in [9.17, 15) is 18.0 Å². The molecule has 0 atom stereocenters. The number of rotatable bonds is 7. The van der Waals surface area contributed by atoms with Crippen molar-refractivity contribution in [2.45, 2.75) is 39.0 Å². The molecule has 0 aliphatic heterocycles. The van der Waals surface area contributed by atoms with Gasteiger partial charge in [-0.25, -0.2) is 18.0 Å². The fraction of sp³-hybridized carbons (Fsp3) is 0.364. The Morgan fingerprint density at radius 1 is 1.13 bits per heavy atom. The number of ether oxygens (including phenoxy) is 1. The van der Waals surface area contributed by atoms with Crippen molar-refractivity contribution in [2.24, 2.45) is 7.05 Å². The van der Waals surface area contributed by atoms with Crippen LogP contribution in [0.25, 0.3) is 11.0 Å². The molecule has 9 heteroatoms. The molecule has 2 aromatic heterocycles.